The number of amides is 2. The molecule has 10 nitrogen and oxygen atoms in total. The lowest BCUT2D eigenvalue weighted by molar-refractivity contribution is -0.0397. The molecule has 11 heteroatoms. The molecule has 6 aliphatic rings. The molecule has 6 heterocycles. The first-order valence-corrected chi connectivity index (χ1v) is 21.8. The molecule has 2 N–H and O–H groups in total. The summed E-state index contributed by atoms with van der Waals surface area (Å²) in [4.78, 5) is 28.3. The van der Waals surface area contributed by atoms with E-state index in [1.165, 1.54) is 47.9 Å². The number of nitrogens with one attached hydrogen (secondary N) is 1. The van der Waals surface area contributed by atoms with E-state index in [0.29, 0.717) is 25.6 Å². The monoisotopic (exact) mass is 826 g/mol. The number of carbonyl (C=O) groups excluding carboxylic acids is 2. The summed E-state index contributed by atoms with van der Waals surface area (Å²) in [6.45, 7) is 17.0. The minimum absolute atomic E-state index is 0. The molecule has 0 saturated carbocycles. The number of fused-ring (bicyclic) bond motifs is 6. The van der Waals surface area contributed by atoms with E-state index in [9.17, 15) is 14.7 Å². The number of nitrogens with zero attached hydrogens (tertiary/aromatic N) is 2. The average Bonchev–Trinajstić information content (AvgIpc) is 3.73. The van der Waals surface area contributed by atoms with Crippen molar-refractivity contribution in [3.05, 3.63) is 70.8 Å². The smallest absolute Gasteiger partial charge is 0.410 e. The van der Waals surface area contributed by atoms with Crippen molar-refractivity contribution < 1.29 is 33.6 Å². The highest BCUT2D eigenvalue weighted by molar-refractivity contribution is 5.85. The van der Waals surface area contributed by atoms with Crippen LogP contribution in [0.2, 0.25) is 0 Å². The van der Waals surface area contributed by atoms with E-state index in [1.54, 1.807) is 0 Å². The van der Waals surface area contributed by atoms with E-state index in [1.807, 2.05) is 51.3 Å². The summed E-state index contributed by atoms with van der Waals surface area (Å²) in [5.41, 5.74) is 4.21. The zero-order valence-corrected chi connectivity index (χ0v) is 37.2. The van der Waals surface area contributed by atoms with E-state index in [2.05, 4.69) is 67.7 Å². The highest BCUT2D eigenvalue weighted by Gasteiger charge is 2.46. The Morgan fingerprint density at radius 2 is 0.931 bits per heavy atom. The van der Waals surface area contributed by atoms with Crippen molar-refractivity contribution in [3.8, 4) is 0 Å². The Bertz CT molecular complexity index is 1570. The van der Waals surface area contributed by atoms with Crippen LogP contribution in [0.25, 0.3) is 0 Å². The van der Waals surface area contributed by atoms with E-state index >= 15 is 0 Å². The Kier molecular flexibility index (Phi) is 16.0. The molecule has 6 fully saturated rings. The molecule has 2 aromatic carbocycles. The van der Waals surface area contributed by atoms with Crippen LogP contribution >= 0.6 is 12.4 Å². The van der Waals surface area contributed by atoms with Gasteiger partial charge in [-0.3, -0.25) is 0 Å². The van der Waals surface area contributed by atoms with Crippen molar-refractivity contribution in [3.63, 3.8) is 0 Å². The molecule has 0 aliphatic carbocycles. The summed E-state index contributed by atoms with van der Waals surface area (Å²) in [5, 5.41) is 13.3. The van der Waals surface area contributed by atoms with Crippen molar-refractivity contribution in [2.24, 2.45) is 0 Å². The number of aliphatic hydroxyl groups is 1. The molecular weight excluding hydrogens is 754 g/mol. The molecule has 0 radical (unpaired) electrons. The van der Waals surface area contributed by atoms with Crippen molar-refractivity contribution in [1.82, 2.24) is 15.1 Å². The summed E-state index contributed by atoms with van der Waals surface area (Å²) in [6, 6.07) is 19.5. The second-order valence-corrected chi connectivity index (χ2v) is 19.6. The van der Waals surface area contributed by atoms with Gasteiger partial charge in [-0.15, -0.1) is 12.4 Å². The molecule has 324 valence electrons. The van der Waals surface area contributed by atoms with Gasteiger partial charge in [-0.05, 0) is 144 Å². The van der Waals surface area contributed by atoms with Gasteiger partial charge in [-0.1, -0.05) is 59.7 Å². The Morgan fingerprint density at radius 1 is 0.586 bits per heavy atom. The van der Waals surface area contributed by atoms with Crippen LogP contribution in [0.15, 0.2) is 48.5 Å². The Hall–Kier alpha value is -2.89. The van der Waals surface area contributed by atoms with Crippen LogP contribution in [0.4, 0.5) is 9.59 Å². The summed E-state index contributed by atoms with van der Waals surface area (Å²) in [5.74, 6) is 0. The third-order valence-electron chi connectivity index (χ3n) is 12.2. The first-order valence-electron chi connectivity index (χ1n) is 21.8. The van der Waals surface area contributed by atoms with Crippen LogP contribution in [0.5, 0.6) is 0 Å². The number of benzene rings is 2. The topological polar surface area (TPSA) is 110 Å². The van der Waals surface area contributed by atoms with Crippen LogP contribution in [0.1, 0.15) is 141 Å². The van der Waals surface area contributed by atoms with Crippen molar-refractivity contribution in [1.29, 1.82) is 0 Å². The maximum atomic E-state index is 12.5. The van der Waals surface area contributed by atoms with Crippen LogP contribution in [0, 0.1) is 13.8 Å². The Balaban J connectivity index is 0.000000169. The molecule has 0 aromatic heterocycles. The first kappa shape index (κ1) is 46.2. The Labute approximate surface area is 354 Å². The van der Waals surface area contributed by atoms with Gasteiger partial charge >= 0.3 is 12.2 Å². The van der Waals surface area contributed by atoms with Crippen LogP contribution < -0.4 is 5.32 Å². The zero-order valence-electron chi connectivity index (χ0n) is 36.4. The summed E-state index contributed by atoms with van der Waals surface area (Å²) < 4.78 is 23.2. The van der Waals surface area contributed by atoms with Gasteiger partial charge in [0.25, 0.3) is 0 Å². The lowest BCUT2D eigenvalue weighted by Crippen LogP contribution is -2.50. The van der Waals surface area contributed by atoms with Crippen molar-refractivity contribution in [2.45, 2.75) is 211 Å². The molecule has 0 spiro atoms. The number of piperidine rings is 3. The number of aryl methyl sites for hydroxylation is 2. The normalized spacial score (nSPS) is 29.6. The fourth-order valence-electron chi connectivity index (χ4n) is 9.57. The van der Waals surface area contributed by atoms with Gasteiger partial charge in [-0.2, -0.15) is 0 Å². The number of hydrogen-bond donors (Lipinski definition) is 2. The fraction of sp³-hybridized carbons (Fsp3) is 0.702. The van der Waals surface area contributed by atoms with Gasteiger partial charge in [0.15, 0.2) is 0 Å². The number of carbonyl (C=O) groups is 2. The molecule has 6 unspecified atom stereocenters. The van der Waals surface area contributed by atoms with Crippen molar-refractivity contribution >= 4 is 24.6 Å². The number of hydrogen-bond acceptors (Lipinski definition) is 8. The Morgan fingerprint density at radius 3 is 1.29 bits per heavy atom. The van der Waals surface area contributed by atoms with Gasteiger partial charge in [0.2, 0.25) is 0 Å². The molecule has 2 amide bonds. The minimum atomic E-state index is -0.438. The lowest BCUT2D eigenvalue weighted by atomic mass is 10.00. The highest BCUT2D eigenvalue weighted by Crippen LogP contribution is 2.39. The summed E-state index contributed by atoms with van der Waals surface area (Å²) in [6.07, 6.45) is 12.5. The number of ether oxygens (including phenoxy) is 4. The molecule has 2 aromatic rings. The highest BCUT2D eigenvalue weighted by atomic mass is 35.5. The molecule has 58 heavy (non-hydrogen) atoms. The zero-order chi connectivity index (χ0) is 40.9. The summed E-state index contributed by atoms with van der Waals surface area (Å²) >= 11 is 0. The molecule has 8 rings (SSSR count). The maximum absolute atomic E-state index is 12.5. The lowest BCUT2D eigenvalue weighted by Gasteiger charge is -2.39. The predicted octanol–water partition coefficient (Wildman–Crippen LogP) is 9.57. The van der Waals surface area contributed by atoms with Crippen LogP contribution in [-0.2, 0) is 32.2 Å². The third kappa shape index (κ3) is 13.3. The largest absolute Gasteiger partial charge is 0.444 e. The van der Waals surface area contributed by atoms with E-state index in [-0.39, 0.29) is 61.0 Å². The van der Waals surface area contributed by atoms with Crippen LogP contribution in [0.3, 0.4) is 0 Å². The van der Waals surface area contributed by atoms with Gasteiger partial charge in [0.1, 0.15) is 11.2 Å². The molecule has 6 saturated heterocycles. The molecule has 6 atom stereocenters. The quantitative estimate of drug-likeness (QED) is 0.297. The molecular formula is C47H72ClN3O7. The predicted molar refractivity (Wildman–Crippen MR) is 230 cm³/mol. The third-order valence-corrected chi connectivity index (χ3v) is 12.2. The second-order valence-electron chi connectivity index (χ2n) is 19.6. The van der Waals surface area contributed by atoms with Gasteiger partial charge in [-0.25, -0.2) is 9.59 Å². The first-order chi connectivity index (χ1) is 27.0. The molecule has 6 aliphatic heterocycles. The fourth-order valence-corrected chi connectivity index (χ4v) is 9.57. The van der Waals surface area contributed by atoms with E-state index < -0.39 is 11.2 Å². The number of rotatable bonds is 6. The maximum Gasteiger partial charge on any atom is 0.410 e. The van der Waals surface area contributed by atoms with E-state index in [4.69, 9.17) is 18.9 Å². The van der Waals surface area contributed by atoms with Crippen LogP contribution in [-0.4, -0.2) is 92.9 Å². The average molecular weight is 827 g/mol. The second kappa shape index (κ2) is 20.1. The van der Waals surface area contributed by atoms with Gasteiger partial charge < -0.3 is 39.2 Å². The van der Waals surface area contributed by atoms with E-state index in [0.717, 1.165) is 57.2 Å². The van der Waals surface area contributed by atoms with Crippen molar-refractivity contribution in [2.75, 3.05) is 0 Å². The SMILES string of the molecule is CC(C)(C)OC(=O)N1C2CCC1CC(O)C2.Cc1ccc(COC2CC3CCC(C2)N3)cc1.Cc1ccc(COC2CC3CCC(C2)N3C(=O)OC(C)(C)C)cc1.Cl. The standard InChI is InChI=1S/C20H29NO3.C15H21NO.C12H21NO3.ClH/c1-14-5-7-15(8-6-14)13-23-18-11-16-9-10-17(12-18)21(16)19(22)24-20(2,3)4;1-11-2-4-12(5-3-11)10-17-15-8-13-6-7-14(9-15)16-13;1-12(2,3)16-11(15)13-8-4-5-9(13)7-10(14)6-8;/h5-8,16-18H,9-13H2,1-4H3;2-5,13-16H,6-10H2,1H3;8-10,14H,4-7H2,1-3H3;1H. The van der Waals surface area contributed by atoms with Gasteiger partial charge in [0, 0.05) is 36.3 Å². The van der Waals surface area contributed by atoms with Gasteiger partial charge in [0.05, 0.1) is 31.5 Å². The molecule has 6 bridgehead atoms. The summed E-state index contributed by atoms with van der Waals surface area (Å²) in [7, 11) is 0. The number of aliphatic hydroxyl groups excluding tert-OH is 1. The number of halogens is 1. The minimum Gasteiger partial charge on any atom is -0.444 e.